The molecule has 1 N–H and O–H groups in total. The van der Waals surface area contributed by atoms with Gasteiger partial charge in [0.2, 0.25) is 0 Å². The van der Waals surface area contributed by atoms with Crippen LogP contribution in [0.3, 0.4) is 0 Å². The van der Waals surface area contributed by atoms with Crippen molar-refractivity contribution in [2.75, 3.05) is 19.6 Å². The molecule has 0 aliphatic carbocycles. The number of benzene rings is 1. The summed E-state index contributed by atoms with van der Waals surface area (Å²) >= 11 is 6.15. The van der Waals surface area contributed by atoms with E-state index in [-0.39, 0.29) is 0 Å². The molecule has 3 rings (SSSR count). The lowest BCUT2D eigenvalue weighted by molar-refractivity contribution is 0.151. The van der Waals surface area contributed by atoms with Crippen molar-refractivity contribution in [3.05, 3.63) is 64.4 Å². The number of aryl methyl sites for hydroxylation is 1. The first-order valence-corrected chi connectivity index (χ1v) is 7.72. The topological polar surface area (TPSA) is 28.2 Å². The molecule has 1 aromatic heterocycles. The molecule has 1 atom stereocenters. The summed E-state index contributed by atoms with van der Waals surface area (Å²) in [4.78, 5) is 7.01. The van der Waals surface area contributed by atoms with Crippen molar-refractivity contribution >= 4 is 11.6 Å². The first kappa shape index (κ1) is 14.5. The second-order valence-corrected chi connectivity index (χ2v) is 5.95. The van der Waals surface area contributed by atoms with Gasteiger partial charge in [0.1, 0.15) is 0 Å². The molecule has 3 nitrogen and oxygen atoms in total. The van der Waals surface area contributed by atoms with Crippen LogP contribution >= 0.6 is 11.6 Å². The molecule has 0 radical (unpaired) electrons. The van der Waals surface area contributed by atoms with E-state index in [4.69, 9.17) is 11.6 Å². The third-order valence-corrected chi connectivity index (χ3v) is 4.29. The van der Waals surface area contributed by atoms with Gasteiger partial charge in [0.25, 0.3) is 0 Å². The Bertz CT molecular complexity index is 614. The van der Waals surface area contributed by atoms with E-state index in [0.29, 0.717) is 6.04 Å². The van der Waals surface area contributed by atoms with E-state index in [1.54, 1.807) is 0 Å². The minimum Gasteiger partial charge on any atom is -0.314 e. The highest BCUT2D eigenvalue weighted by Gasteiger charge is 2.24. The summed E-state index contributed by atoms with van der Waals surface area (Å²) in [6, 6.07) is 12.6. The molecule has 4 heteroatoms. The number of rotatable bonds is 3. The number of nitrogens with one attached hydrogen (secondary N) is 1. The van der Waals surface area contributed by atoms with Crippen LogP contribution < -0.4 is 5.32 Å². The molecular formula is C17H20ClN3. The summed E-state index contributed by atoms with van der Waals surface area (Å²) < 4.78 is 0. The van der Waals surface area contributed by atoms with Gasteiger partial charge < -0.3 is 5.32 Å². The summed E-state index contributed by atoms with van der Waals surface area (Å²) in [5.74, 6) is 0. The first-order valence-electron chi connectivity index (χ1n) is 7.35. The van der Waals surface area contributed by atoms with Crippen LogP contribution in [0.5, 0.6) is 0 Å². The maximum absolute atomic E-state index is 6.15. The molecule has 110 valence electrons. The van der Waals surface area contributed by atoms with Gasteiger partial charge in [-0.15, -0.1) is 0 Å². The van der Waals surface area contributed by atoms with Gasteiger partial charge in [-0.25, -0.2) is 0 Å². The van der Waals surface area contributed by atoms with Crippen LogP contribution in [0.1, 0.15) is 22.9 Å². The molecule has 2 heterocycles. The molecule has 1 unspecified atom stereocenters. The lowest BCUT2D eigenvalue weighted by Crippen LogP contribution is -2.45. The molecule has 1 fully saturated rings. The number of hydrogen-bond donors (Lipinski definition) is 1. The van der Waals surface area contributed by atoms with Crippen LogP contribution in [0.4, 0.5) is 0 Å². The maximum Gasteiger partial charge on any atom is 0.0573 e. The monoisotopic (exact) mass is 301 g/mol. The summed E-state index contributed by atoms with van der Waals surface area (Å²) in [7, 11) is 0. The van der Waals surface area contributed by atoms with Crippen molar-refractivity contribution in [3.63, 3.8) is 0 Å². The van der Waals surface area contributed by atoms with Gasteiger partial charge >= 0.3 is 0 Å². The number of piperazine rings is 1. The minimum atomic E-state index is 0.346. The van der Waals surface area contributed by atoms with Gasteiger partial charge in [-0.3, -0.25) is 9.88 Å². The molecule has 1 saturated heterocycles. The van der Waals surface area contributed by atoms with Crippen molar-refractivity contribution in [2.24, 2.45) is 0 Å². The Morgan fingerprint density at radius 1 is 1.33 bits per heavy atom. The van der Waals surface area contributed by atoms with Gasteiger partial charge in [0, 0.05) is 43.4 Å². The lowest BCUT2D eigenvalue weighted by Gasteiger charge is -2.36. The van der Waals surface area contributed by atoms with Crippen molar-refractivity contribution in [3.8, 4) is 0 Å². The quantitative estimate of drug-likeness (QED) is 0.944. The van der Waals surface area contributed by atoms with Crippen LogP contribution in [0.2, 0.25) is 5.02 Å². The van der Waals surface area contributed by atoms with Crippen molar-refractivity contribution in [1.29, 1.82) is 0 Å². The zero-order valence-corrected chi connectivity index (χ0v) is 13.0. The van der Waals surface area contributed by atoms with E-state index in [1.807, 2.05) is 24.4 Å². The number of pyridine rings is 1. The Hall–Kier alpha value is -1.42. The molecule has 0 spiro atoms. The number of nitrogens with zero attached hydrogens (tertiary/aromatic N) is 2. The summed E-state index contributed by atoms with van der Waals surface area (Å²) in [5.41, 5.74) is 3.68. The van der Waals surface area contributed by atoms with E-state index in [0.717, 1.165) is 36.9 Å². The predicted molar refractivity (Wildman–Crippen MR) is 86.4 cm³/mol. The number of hydrogen-bond acceptors (Lipinski definition) is 3. The Morgan fingerprint density at radius 2 is 2.24 bits per heavy atom. The second-order valence-electron chi connectivity index (χ2n) is 5.51. The van der Waals surface area contributed by atoms with E-state index < -0.39 is 0 Å². The van der Waals surface area contributed by atoms with Crippen LogP contribution in [-0.4, -0.2) is 29.5 Å². The summed E-state index contributed by atoms with van der Waals surface area (Å²) in [6.07, 6.45) is 1.87. The fourth-order valence-corrected chi connectivity index (χ4v) is 3.05. The third kappa shape index (κ3) is 3.43. The van der Waals surface area contributed by atoms with Gasteiger partial charge in [0.05, 0.1) is 5.69 Å². The normalized spacial score (nSPS) is 19.6. The van der Waals surface area contributed by atoms with Crippen LogP contribution in [0, 0.1) is 6.92 Å². The molecule has 0 amide bonds. The first-order chi connectivity index (χ1) is 10.2. The number of aromatic nitrogens is 1. The Balaban J connectivity index is 1.83. The number of halogens is 1. The standard InChI is InChI=1S/C17H20ClN3/c1-13-4-3-7-20-16(13)12-21-9-8-19-11-17(21)14-5-2-6-15(18)10-14/h2-7,10,17,19H,8-9,11-12H2,1H3. The van der Waals surface area contributed by atoms with Crippen molar-refractivity contribution in [2.45, 2.75) is 19.5 Å². The minimum absolute atomic E-state index is 0.346. The summed E-state index contributed by atoms with van der Waals surface area (Å²) in [5, 5.41) is 4.28. The molecule has 1 aromatic carbocycles. The maximum atomic E-state index is 6.15. The molecule has 1 aliphatic heterocycles. The zero-order valence-electron chi connectivity index (χ0n) is 12.2. The Labute approximate surface area is 131 Å². The predicted octanol–water partition coefficient (Wildman–Crippen LogP) is 3.19. The third-order valence-electron chi connectivity index (χ3n) is 4.06. The van der Waals surface area contributed by atoms with Crippen LogP contribution in [0.15, 0.2) is 42.6 Å². The lowest BCUT2D eigenvalue weighted by atomic mass is 10.0. The zero-order chi connectivity index (χ0) is 14.7. The van der Waals surface area contributed by atoms with Crippen molar-refractivity contribution in [1.82, 2.24) is 15.2 Å². The fraction of sp³-hybridized carbons (Fsp3) is 0.353. The average Bonchev–Trinajstić information content (AvgIpc) is 2.50. The van der Waals surface area contributed by atoms with Gasteiger partial charge in [-0.2, -0.15) is 0 Å². The molecule has 0 bridgehead atoms. The van der Waals surface area contributed by atoms with E-state index in [9.17, 15) is 0 Å². The highest BCUT2D eigenvalue weighted by atomic mass is 35.5. The van der Waals surface area contributed by atoms with Crippen LogP contribution in [-0.2, 0) is 6.54 Å². The van der Waals surface area contributed by atoms with Gasteiger partial charge in [0.15, 0.2) is 0 Å². The highest BCUT2D eigenvalue weighted by molar-refractivity contribution is 6.30. The Kier molecular flexibility index (Phi) is 4.54. The van der Waals surface area contributed by atoms with Gasteiger partial charge in [-0.1, -0.05) is 29.8 Å². The molecule has 21 heavy (non-hydrogen) atoms. The van der Waals surface area contributed by atoms with Crippen molar-refractivity contribution < 1.29 is 0 Å². The van der Waals surface area contributed by atoms with E-state index in [1.165, 1.54) is 11.1 Å². The van der Waals surface area contributed by atoms with E-state index >= 15 is 0 Å². The highest BCUT2D eigenvalue weighted by Crippen LogP contribution is 2.26. The van der Waals surface area contributed by atoms with Crippen LogP contribution in [0.25, 0.3) is 0 Å². The SMILES string of the molecule is Cc1cccnc1CN1CCNCC1c1cccc(Cl)c1. The molecular weight excluding hydrogens is 282 g/mol. The largest absolute Gasteiger partial charge is 0.314 e. The summed E-state index contributed by atoms with van der Waals surface area (Å²) in [6.45, 7) is 5.99. The fourth-order valence-electron chi connectivity index (χ4n) is 2.85. The second kappa shape index (κ2) is 6.56. The average molecular weight is 302 g/mol. The van der Waals surface area contributed by atoms with E-state index in [2.05, 4.69) is 40.3 Å². The Morgan fingerprint density at radius 3 is 3.05 bits per heavy atom. The molecule has 0 saturated carbocycles. The van der Waals surface area contributed by atoms with Gasteiger partial charge in [-0.05, 0) is 36.2 Å². The molecule has 1 aliphatic rings. The smallest absolute Gasteiger partial charge is 0.0573 e. The molecule has 2 aromatic rings.